The van der Waals surface area contributed by atoms with Crippen LogP contribution in [0.5, 0.6) is 0 Å². The second kappa shape index (κ2) is 6.08. The predicted octanol–water partition coefficient (Wildman–Crippen LogP) is 3.40. The summed E-state index contributed by atoms with van der Waals surface area (Å²) in [7, 11) is 0. The van der Waals surface area contributed by atoms with Gasteiger partial charge in [-0.3, -0.25) is 4.79 Å². The summed E-state index contributed by atoms with van der Waals surface area (Å²) in [5.74, 6) is 0.926. The molecule has 0 aliphatic carbocycles. The average molecular weight is 314 g/mol. The van der Waals surface area contributed by atoms with Crippen LogP contribution in [0.4, 0.5) is 0 Å². The Kier molecular flexibility index (Phi) is 3.63. The minimum Gasteiger partial charge on any atom is -0.338 e. The zero-order valence-electron chi connectivity index (χ0n) is 13.0. The molecule has 116 valence electrons. The number of H-pyrrole nitrogens is 1. The molecule has 4 heteroatoms. The fourth-order valence-corrected chi connectivity index (χ4v) is 2.69. The van der Waals surface area contributed by atoms with E-state index >= 15 is 0 Å². The monoisotopic (exact) mass is 314 g/mol. The highest BCUT2D eigenvalue weighted by molar-refractivity contribution is 5.94. The number of rotatable bonds is 4. The van der Waals surface area contributed by atoms with Crippen LogP contribution in [-0.2, 0) is 6.54 Å². The maximum Gasteiger partial charge on any atom is 0.227 e. The van der Waals surface area contributed by atoms with E-state index < -0.39 is 0 Å². The molecule has 0 atom stereocenters. The van der Waals surface area contributed by atoms with Gasteiger partial charge in [-0.15, -0.1) is 0 Å². The molecule has 4 aromatic rings. The number of hydrogen-bond donors (Lipinski definition) is 1. The number of nitrogens with zero attached hydrogens (tertiary/aromatic N) is 2. The number of nitrogens with one attached hydrogen (secondary N) is 1. The van der Waals surface area contributed by atoms with E-state index in [1.807, 2.05) is 83.7 Å². The Bertz CT molecular complexity index is 955. The molecule has 2 heterocycles. The number of ketones is 1. The molecule has 0 radical (unpaired) electrons. The highest BCUT2D eigenvalue weighted by atomic mass is 16.1. The van der Waals surface area contributed by atoms with Gasteiger partial charge < -0.3 is 4.98 Å². The van der Waals surface area contributed by atoms with E-state index in [1.54, 1.807) is 0 Å². The van der Waals surface area contributed by atoms with Gasteiger partial charge in [-0.2, -0.15) is 4.57 Å². The molecule has 0 saturated heterocycles. The van der Waals surface area contributed by atoms with Crippen molar-refractivity contribution in [3.05, 3.63) is 84.7 Å². The van der Waals surface area contributed by atoms with Gasteiger partial charge >= 0.3 is 0 Å². The molecule has 0 aliphatic heterocycles. The zero-order valence-corrected chi connectivity index (χ0v) is 13.0. The zero-order chi connectivity index (χ0) is 16.4. The number of para-hydroxylation sites is 2. The van der Waals surface area contributed by atoms with E-state index in [9.17, 15) is 4.79 Å². The Labute approximate surface area is 139 Å². The summed E-state index contributed by atoms with van der Waals surface area (Å²) >= 11 is 0. The number of benzene rings is 2. The molecule has 0 fully saturated rings. The number of fused-ring (bicyclic) bond motifs is 1. The van der Waals surface area contributed by atoms with Crippen molar-refractivity contribution in [1.29, 1.82) is 0 Å². The fraction of sp³-hybridized carbons (Fsp3) is 0.0500. The Morgan fingerprint density at radius 1 is 0.917 bits per heavy atom. The Balaban J connectivity index is 1.55. The Hall–Kier alpha value is -3.27. The molecular formula is C20H16N3O+. The number of aromatic amines is 1. The van der Waals surface area contributed by atoms with Gasteiger partial charge in [0, 0.05) is 23.3 Å². The van der Waals surface area contributed by atoms with Gasteiger partial charge in [0.15, 0.2) is 12.4 Å². The summed E-state index contributed by atoms with van der Waals surface area (Å²) < 4.78 is 1.88. The van der Waals surface area contributed by atoms with E-state index in [0.29, 0.717) is 6.54 Å². The summed E-state index contributed by atoms with van der Waals surface area (Å²) in [5, 5.41) is 0. The summed E-state index contributed by atoms with van der Waals surface area (Å²) in [6.45, 7) is 0.324. The van der Waals surface area contributed by atoms with Crippen LogP contribution in [0.3, 0.4) is 0 Å². The van der Waals surface area contributed by atoms with Crippen molar-refractivity contribution in [2.45, 2.75) is 6.54 Å². The first-order valence-corrected chi connectivity index (χ1v) is 7.82. The van der Waals surface area contributed by atoms with Gasteiger partial charge in [-0.05, 0) is 12.1 Å². The molecule has 0 unspecified atom stereocenters. The topological polar surface area (TPSA) is 49.6 Å². The van der Waals surface area contributed by atoms with Gasteiger partial charge in [0.25, 0.3) is 0 Å². The molecule has 4 nitrogen and oxygen atoms in total. The third-order valence-electron chi connectivity index (χ3n) is 3.98. The Morgan fingerprint density at radius 3 is 2.38 bits per heavy atom. The van der Waals surface area contributed by atoms with Crippen LogP contribution in [0.15, 0.2) is 79.1 Å². The van der Waals surface area contributed by atoms with Gasteiger partial charge in [0.2, 0.25) is 12.3 Å². The standard InChI is InChI=1S/C20H15N3O/c24-19(15-6-2-1-3-7-15)14-23-12-10-16(11-13-23)20-21-17-8-4-5-9-18(17)22-20/h1-13H,14H2/p+1. The molecule has 2 aromatic heterocycles. The van der Waals surface area contributed by atoms with E-state index in [4.69, 9.17) is 0 Å². The second-order valence-electron chi connectivity index (χ2n) is 5.65. The Morgan fingerprint density at radius 2 is 1.62 bits per heavy atom. The third kappa shape index (κ3) is 2.82. The van der Waals surface area contributed by atoms with E-state index in [1.165, 1.54) is 0 Å². The highest BCUT2D eigenvalue weighted by Gasteiger charge is 2.12. The number of carbonyl (C=O) groups excluding carboxylic acids is 1. The van der Waals surface area contributed by atoms with E-state index in [-0.39, 0.29) is 5.78 Å². The lowest BCUT2D eigenvalue weighted by Crippen LogP contribution is -2.37. The molecule has 1 N–H and O–H groups in total. The number of hydrogen-bond acceptors (Lipinski definition) is 2. The lowest BCUT2D eigenvalue weighted by atomic mass is 10.1. The van der Waals surface area contributed by atoms with Crippen LogP contribution >= 0.6 is 0 Å². The van der Waals surface area contributed by atoms with Crippen molar-refractivity contribution in [2.75, 3.05) is 0 Å². The largest absolute Gasteiger partial charge is 0.338 e. The number of aromatic nitrogens is 3. The van der Waals surface area contributed by atoms with E-state index in [2.05, 4.69) is 9.97 Å². The van der Waals surface area contributed by atoms with Crippen molar-refractivity contribution >= 4 is 16.8 Å². The fourth-order valence-electron chi connectivity index (χ4n) is 2.69. The molecule has 0 saturated carbocycles. The summed E-state index contributed by atoms with van der Waals surface area (Å²) in [4.78, 5) is 20.1. The van der Waals surface area contributed by atoms with Gasteiger partial charge in [0.1, 0.15) is 5.82 Å². The molecule has 24 heavy (non-hydrogen) atoms. The maximum atomic E-state index is 12.2. The third-order valence-corrected chi connectivity index (χ3v) is 3.98. The molecule has 0 spiro atoms. The predicted molar refractivity (Wildman–Crippen MR) is 92.5 cm³/mol. The van der Waals surface area contributed by atoms with Crippen molar-refractivity contribution in [3.8, 4) is 11.4 Å². The van der Waals surface area contributed by atoms with Gasteiger partial charge in [-0.1, -0.05) is 42.5 Å². The number of pyridine rings is 1. The van der Waals surface area contributed by atoms with Crippen molar-refractivity contribution in [2.24, 2.45) is 0 Å². The summed E-state index contributed by atoms with van der Waals surface area (Å²) in [6.07, 6.45) is 3.81. The number of imidazole rings is 1. The van der Waals surface area contributed by atoms with Crippen LogP contribution in [0.2, 0.25) is 0 Å². The maximum absolute atomic E-state index is 12.2. The normalized spacial score (nSPS) is 10.8. The first kappa shape index (κ1) is 14.3. The minimum absolute atomic E-state index is 0.0945. The SMILES string of the molecule is O=C(C[n+]1ccc(-c2nc3ccccc3[nH]2)cc1)c1ccccc1. The van der Waals surface area contributed by atoms with E-state index in [0.717, 1.165) is 28.0 Å². The molecular weight excluding hydrogens is 298 g/mol. The van der Waals surface area contributed by atoms with Crippen LogP contribution in [-0.4, -0.2) is 15.8 Å². The average Bonchev–Trinajstić information content (AvgIpc) is 3.07. The van der Waals surface area contributed by atoms with Crippen molar-refractivity contribution in [1.82, 2.24) is 9.97 Å². The minimum atomic E-state index is 0.0945. The number of Topliss-reactive ketones (excluding diaryl/α,β-unsaturated/α-hetero) is 1. The van der Waals surface area contributed by atoms with Crippen LogP contribution in [0, 0.1) is 0 Å². The lowest BCUT2D eigenvalue weighted by molar-refractivity contribution is -0.683. The molecule has 0 aliphatic rings. The molecule has 0 amide bonds. The first-order valence-electron chi connectivity index (χ1n) is 7.82. The first-order chi connectivity index (χ1) is 11.8. The lowest BCUT2D eigenvalue weighted by Gasteiger charge is -1.99. The number of carbonyl (C=O) groups is 1. The summed E-state index contributed by atoms with van der Waals surface area (Å²) in [6, 6.07) is 21.2. The summed E-state index contributed by atoms with van der Waals surface area (Å²) in [5.41, 5.74) is 3.69. The molecule has 2 aromatic carbocycles. The second-order valence-corrected chi connectivity index (χ2v) is 5.65. The van der Waals surface area contributed by atoms with Crippen LogP contribution in [0.1, 0.15) is 10.4 Å². The van der Waals surface area contributed by atoms with Crippen LogP contribution in [0.25, 0.3) is 22.4 Å². The van der Waals surface area contributed by atoms with Crippen molar-refractivity contribution in [3.63, 3.8) is 0 Å². The van der Waals surface area contributed by atoms with Crippen molar-refractivity contribution < 1.29 is 9.36 Å². The highest BCUT2D eigenvalue weighted by Crippen LogP contribution is 2.18. The quantitative estimate of drug-likeness (QED) is 0.463. The smallest absolute Gasteiger partial charge is 0.227 e. The van der Waals surface area contributed by atoms with Gasteiger partial charge in [0.05, 0.1) is 11.0 Å². The van der Waals surface area contributed by atoms with Crippen LogP contribution < -0.4 is 4.57 Å². The van der Waals surface area contributed by atoms with Gasteiger partial charge in [-0.25, -0.2) is 4.98 Å². The molecule has 0 bridgehead atoms. The molecule has 4 rings (SSSR count).